The molecule has 110 valence electrons. The molecule has 0 spiro atoms. The average molecular weight is 277 g/mol. The Bertz CT molecular complexity index is 479. The molecule has 0 aliphatic heterocycles. The van der Waals surface area contributed by atoms with Gasteiger partial charge in [-0.1, -0.05) is 19.8 Å². The standard InChI is InChI=1S/C16H23NO3/c1-3-16(8-4-5-9-16)11-17-15(19)13-7-6-12(20-2)10-14(13)18/h6-7,10,18H,3-5,8-9,11H2,1-2H3,(H,17,19). The maximum Gasteiger partial charge on any atom is 0.255 e. The van der Waals surface area contributed by atoms with Gasteiger partial charge in [-0.3, -0.25) is 4.79 Å². The normalized spacial score (nSPS) is 16.9. The third-order valence-corrected chi connectivity index (χ3v) is 4.49. The fraction of sp³-hybridized carbons (Fsp3) is 0.562. The number of methoxy groups -OCH3 is 1. The van der Waals surface area contributed by atoms with Gasteiger partial charge in [0.15, 0.2) is 0 Å². The highest BCUT2D eigenvalue weighted by Crippen LogP contribution is 2.40. The summed E-state index contributed by atoms with van der Waals surface area (Å²) >= 11 is 0. The van der Waals surface area contributed by atoms with Crippen LogP contribution in [0.3, 0.4) is 0 Å². The van der Waals surface area contributed by atoms with Crippen LogP contribution in [0.5, 0.6) is 11.5 Å². The molecule has 2 N–H and O–H groups in total. The molecule has 1 aliphatic rings. The molecule has 1 amide bonds. The average Bonchev–Trinajstić information content (AvgIpc) is 2.94. The molecule has 4 nitrogen and oxygen atoms in total. The number of phenolic OH excluding ortho intramolecular Hbond substituents is 1. The molecule has 0 heterocycles. The van der Waals surface area contributed by atoms with Crippen LogP contribution in [0, 0.1) is 5.41 Å². The summed E-state index contributed by atoms with van der Waals surface area (Å²) in [7, 11) is 1.53. The second-order valence-electron chi connectivity index (χ2n) is 5.63. The molecule has 0 unspecified atom stereocenters. The quantitative estimate of drug-likeness (QED) is 0.869. The molecule has 1 aromatic carbocycles. The Hall–Kier alpha value is -1.71. The number of phenols is 1. The molecular formula is C16H23NO3. The Morgan fingerprint density at radius 1 is 1.40 bits per heavy atom. The highest BCUT2D eigenvalue weighted by atomic mass is 16.5. The van der Waals surface area contributed by atoms with Crippen molar-refractivity contribution in [2.24, 2.45) is 5.41 Å². The van der Waals surface area contributed by atoms with E-state index in [0.717, 1.165) is 6.42 Å². The molecule has 2 rings (SSSR count). The van der Waals surface area contributed by atoms with Gasteiger partial charge in [0.05, 0.1) is 12.7 Å². The van der Waals surface area contributed by atoms with E-state index >= 15 is 0 Å². The van der Waals surface area contributed by atoms with Crippen molar-refractivity contribution >= 4 is 5.91 Å². The number of ether oxygens (including phenoxy) is 1. The maximum atomic E-state index is 12.2. The van der Waals surface area contributed by atoms with Crippen molar-refractivity contribution in [1.29, 1.82) is 0 Å². The first-order valence-electron chi connectivity index (χ1n) is 7.25. The van der Waals surface area contributed by atoms with Crippen LogP contribution in [0.1, 0.15) is 49.4 Å². The minimum Gasteiger partial charge on any atom is -0.507 e. The summed E-state index contributed by atoms with van der Waals surface area (Å²) in [5.41, 5.74) is 0.549. The Morgan fingerprint density at radius 2 is 2.10 bits per heavy atom. The second-order valence-corrected chi connectivity index (χ2v) is 5.63. The Morgan fingerprint density at radius 3 is 2.65 bits per heavy atom. The largest absolute Gasteiger partial charge is 0.507 e. The van der Waals surface area contributed by atoms with Crippen molar-refractivity contribution in [3.8, 4) is 11.5 Å². The number of hydrogen-bond acceptors (Lipinski definition) is 3. The number of carbonyl (C=O) groups excluding carboxylic acids is 1. The van der Waals surface area contributed by atoms with Gasteiger partial charge in [-0.15, -0.1) is 0 Å². The lowest BCUT2D eigenvalue weighted by atomic mass is 9.83. The summed E-state index contributed by atoms with van der Waals surface area (Å²) in [5.74, 6) is 0.281. The summed E-state index contributed by atoms with van der Waals surface area (Å²) in [6.45, 7) is 2.87. The van der Waals surface area contributed by atoms with Crippen LogP contribution < -0.4 is 10.1 Å². The van der Waals surface area contributed by atoms with Crippen molar-refractivity contribution in [2.75, 3.05) is 13.7 Å². The summed E-state index contributed by atoms with van der Waals surface area (Å²) in [5, 5.41) is 12.8. The van der Waals surface area contributed by atoms with E-state index in [2.05, 4.69) is 12.2 Å². The van der Waals surface area contributed by atoms with E-state index in [4.69, 9.17) is 4.74 Å². The molecule has 20 heavy (non-hydrogen) atoms. The van der Waals surface area contributed by atoms with Crippen LogP contribution in [0.15, 0.2) is 18.2 Å². The van der Waals surface area contributed by atoms with E-state index in [0.29, 0.717) is 17.9 Å². The molecule has 0 bridgehead atoms. The summed E-state index contributed by atoms with van der Waals surface area (Å²) in [6, 6.07) is 4.73. The lowest BCUT2D eigenvalue weighted by molar-refractivity contribution is 0.0926. The van der Waals surface area contributed by atoms with Crippen molar-refractivity contribution in [1.82, 2.24) is 5.32 Å². The number of nitrogens with one attached hydrogen (secondary N) is 1. The van der Waals surface area contributed by atoms with E-state index in [1.54, 1.807) is 12.1 Å². The van der Waals surface area contributed by atoms with Crippen LogP contribution in [0.4, 0.5) is 0 Å². The van der Waals surface area contributed by atoms with Gasteiger partial charge >= 0.3 is 0 Å². The van der Waals surface area contributed by atoms with E-state index in [-0.39, 0.29) is 17.1 Å². The highest BCUT2D eigenvalue weighted by molar-refractivity contribution is 5.97. The summed E-state index contributed by atoms with van der Waals surface area (Å²) in [6.07, 6.45) is 5.94. The van der Waals surface area contributed by atoms with Gasteiger partial charge in [0.1, 0.15) is 11.5 Å². The zero-order valence-electron chi connectivity index (χ0n) is 12.2. The third kappa shape index (κ3) is 3.06. The van der Waals surface area contributed by atoms with Gasteiger partial charge in [-0.25, -0.2) is 0 Å². The minimum atomic E-state index is -0.218. The van der Waals surface area contributed by atoms with E-state index in [9.17, 15) is 9.90 Å². The molecule has 4 heteroatoms. The molecule has 0 radical (unpaired) electrons. The number of aromatic hydroxyl groups is 1. The summed E-state index contributed by atoms with van der Waals surface area (Å²) in [4.78, 5) is 12.2. The van der Waals surface area contributed by atoms with Crippen molar-refractivity contribution in [2.45, 2.75) is 39.0 Å². The van der Waals surface area contributed by atoms with Gasteiger partial charge in [0.2, 0.25) is 0 Å². The van der Waals surface area contributed by atoms with Crippen LogP contribution in [0.2, 0.25) is 0 Å². The molecular weight excluding hydrogens is 254 g/mol. The molecule has 1 aliphatic carbocycles. The molecule has 0 aromatic heterocycles. The first-order valence-corrected chi connectivity index (χ1v) is 7.25. The Kier molecular flexibility index (Phi) is 4.53. The topological polar surface area (TPSA) is 58.6 Å². The van der Waals surface area contributed by atoms with Gasteiger partial charge < -0.3 is 15.2 Å². The molecule has 0 atom stereocenters. The number of benzene rings is 1. The monoisotopic (exact) mass is 277 g/mol. The minimum absolute atomic E-state index is 0.0428. The third-order valence-electron chi connectivity index (χ3n) is 4.49. The Labute approximate surface area is 120 Å². The van der Waals surface area contributed by atoms with Gasteiger partial charge in [0, 0.05) is 12.6 Å². The smallest absolute Gasteiger partial charge is 0.255 e. The van der Waals surface area contributed by atoms with Crippen molar-refractivity contribution in [3.63, 3.8) is 0 Å². The zero-order chi connectivity index (χ0) is 14.6. The highest BCUT2D eigenvalue weighted by Gasteiger charge is 2.32. The molecule has 1 saturated carbocycles. The van der Waals surface area contributed by atoms with Gasteiger partial charge in [0.25, 0.3) is 5.91 Å². The van der Waals surface area contributed by atoms with E-state index in [1.807, 2.05) is 0 Å². The lowest BCUT2D eigenvalue weighted by Crippen LogP contribution is -2.35. The van der Waals surface area contributed by atoms with Gasteiger partial charge in [-0.05, 0) is 36.8 Å². The molecule has 1 aromatic rings. The van der Waals surface area contributed by atoms with Crippen LogP contribution in [-0.2, 0) is 0 Å². The second kappa shape index (κ2) is 6.16. The predicted octanol–water partition coefficient (Wildman–Crippen LogP) is 3.10. The maximum absolute atomic E-state index is 12.2. The number of carbonyl (C=O) groups is 1. The number of hydrogen-bond donors (Lipinski definition) is 2. The number of amides is 1. The number of rotatable bonds is 5. The molecule has 0 saturated heterocycles. The fourth-order valence-corrected chi connectivity index (χ4v) is 2.97. The van der Waals surface area contributed by atoms with E-state index in [1.165, 1.54) is 38.9 Å². The van der Waals surface area contributed by atoms with Crippen LogP contribution in [0.25, 0.3) is 0 Å². The van der Waals surface area contributed by atoms with Gasteiger partial charge in [-0.2, -0.15) is 0 Å². The fourth-order valence-electron chi connectivity index (χ4n) is 2.97. The first-order chi connectivity index (χ1) is 9.60. The predicted molar refractivity (Wildman–Crippen MR) is 78.2 cm³/mol. The summed E-state index contributed by atoms with van der Waals surface area (Å²) < 4.78 is 5.01. The van der Waals surface area contributed by atoms with Crippen LogP contribution in [-0.4, -0.2) is 24.7 Å². The lowest BCUT2D eigenvalue weighted by Gasteiger charge is -2.27. The zero-order valence-corrected chi connectivity index (χ0v) is 12.2. The first kappa shape index (κ1) is 14.7. The van der Waals surface area contributed by atoms with Crippen molar-refractivity contribution < 1.29 is 14.6 Å². The van der Waals surface area contributed by atoms with Crippen LogP contribution >= 0.6 is 0 Å². The SMILES string of the molecule is CCC1(CNC(=O)c2ccc(OC)cc2O)CCCC1. The van der Waals surface area contributed by atoms with Crippen molar-refractivity contribution in [3.05, 3.63) is 23.8 Å². The molecule has 1 fully saturated rings. The Balaban J connectivity index is 2.01. The van der Waals surface area contributed by atoms with E-state index < -0.39 is 0 Å².